The van der Waals surface area contributed by atoms with Crippen LogP contribution in [-0.2, 0) is 6.54 Å². The predicted molar refractivity (Wildman–Crippen MR) is 48.5 cm³/mol. The van der Waals surface area contributed by atoms with Crippen molar-refractivity contribution in [3.63, 3.8) is 0 Å². The van der Waals surface area contributed by atoms with Crippen LogP contribution in [0.25, 0.3) is 0 Å². The molecule has 80 valence electrons. The minimum Gasteiger partial charge on any atom is -0.478 e. The summed E-state index contributed by atoms with van der Waals surface area (Å²) in [5.41, 5.74) is 4.40. The summed E-state index contributed by atoms with van der Waals surface area (Å²) in [6.45, 7) is -0.742. The topological polar surface area (TPSA) is 106 Å². The Morgan fingerprint density at radius 1 is 1.60 bits per heavy atom. The van der Waals surface area contributed by atoms with Gasteiger partial charge in [0.25, 0.3) is 0 Å². The maximum absolute atomic E-state index is 12.8. The number of nitrogens with zero attached hydrogens (tertiary/aromatic N) is 1. The van der Waals surface area contributed by atoms with Crippen LogP contribution in [0.3, 0.4) is 0 Å². The van der Waals surface area contributed by atoms with E-state index in [-0.39, 0.29) is 11.3 Å². The Balaban J connectivity index is 3.33. The summed E-state index contributed by atoms with van der Waals surface area (Å²) in [6.07, 6.45) is 0. The Hall–Kier alpha value is -2.18. The predicted octanol–water partition coefficient (Wildman–Crippen LogP) is 0.883. The molecule has 0 unspecified atom stereocenters. The number of anilines is 1. The van der Waals surface area contributed by atoms with Crippen LogP contribution in [0, 0.1) is 15.9 Å². The molecule has 1 rings (SSSR count). The molecule has 1 aromatic carbocycles. The van der Waals surface area contributed by atoms with Gasteiger partial charge in [0, 0.05) is 10.6 Å². The fourth-order valence-corrected chi connectivity index (χ4v) is 1.15. The molecule has 0 spiro atoms. The van der Waals surface area contributed by atoms with Gasteiger partial charge >= 0.3 is 5.97 Å². The van der Waals surface area contributed by atoms with E-state index >= 15 is 0 Å². The van der Waals surface area contributed by atoms with Gasteiger partial charge in [0.05, 0.1) is 11.1 Å². The number of nitro groups is 1. The maximum atomic E-state index is 12.8. The monoisotopic (exact) mass is 214 g/mol. The molecule has 0 bridgehead atoms. The number of aromatic carboxylic acids is 1. The van der Waals surface area contributed by atoms with Crippen LogP contribution < -0.4 is 5.73 Å². The van der Waals surface area contributed by atoms with Crippen LogP contribution >= 0.6 is 0 Å². The first-order chi connectivity index (χ1) is 6.91. The molecular formula is C8H7FN2O4. The molecule has 0 amide bonds. The van der Waals surface area contributed by atoms with Gasteiger partial charge in [-0.15, -0.1) is 0 Å². The number of carboxylic acids is 1. The molecule has 0 heterocycles. The minimum absolute atomic E-state index is 0.186. The smallest absolute Gasteiger partial charge is 0.336 e. The lowest BCUT2D eigenvalue weighted by Crippen LogP contribution is -2.10. The van der Waals surface area contributed by atoms with Crippen molar-refractivity contribution < 1.29 is 19.2 Å². The maximum Gasteiger partial charge on any atom is 0.336 e. The molecule has 0 aromatic heterocycles. The van der Waals surface area contributed by atoms with Gasteiger partial charge < -0.3 is 10.8 Å². The Kier molecular flexibility index (Phi) is 2.84. The van der Waals surface area contributed by atoms with E-state index in [0.29, 0.717) is 6.07 Å². The molecule has 7 heteroatoms. The summed E-state index contributed by atoms with van der Waals surface area (Å²) in [5, 5.41) is 18.9. The molecule has 0 aliphatic heterocycles. The van der Waals surface area contributed by atoms with Crippen molar-refractivity contribution in [3.8, 4) is 0 Å². The van der Waals surface area contributed by atoms with Gasteiger partial charge in [-0.05, 0) is 12.1 Å². The molecule has 1 aromatic rings. The standard InChI is InChI=1S/C8H7FN2O4/c9-4-1-5(8(12)13)6(3-11(14)15)7(10)2-4/h1-2H,3,10H2,(H,12,13). The summed E-state index contributed by atoms with van der Waals surface area (Å²) in [7, 11) is 0. The van der Waals surface area contributed by atoms with Crippen molar-refractivity contribution in [2.45, 2.75) is 6.54 Å². The lowest BCUT2D eigenvalue weighted by atomic mass is 10.1. The summed E-state index contributed by atoms with van der Waals surface area (Å²) in [6, 6.07) is 1.56. The minimum atomic E-state index is -1.45. The van der Waals surface area contributed by atoms with Crippen LogP contribution in [0.15, 0.2) is 12.1 Å². The van der Waals surface area contributed by atoms with Crippen molar-refractivity contribution in [1.29, 1.82) is 0 Å². The Labute approximate surface area is 83.3 Å². The number of nitrogens with two attached hydrogens (primary N) is 1. The van der Waals surface area contributed by atoms with Crippen LogP contribution in [-0.4, -0.2) is 16.0 Å². The van der Waals surface area contributed by atoms with E-state index in [1.54, 1.807) is 0 Å². The third kappa shape index (κ3) is 2.39. The molecule has 3 N–H and O–H groups in total. The zero-order chi connectivity index (χ0) is 11.6. The zero-order valence-corrected chi connectivity index (χ0v) is 7.44. The molecule has 0 radical (unpaired) electrons. The number of carbonyl (C=O) groups is 1. The van der Waals surface area contributed by atoms with Gasteiger partial charge in [-0.25, -0.2) is 9.18 Å². The second-order valence-corrected chi connectivity index (χ2v) is 2.82. The number of hydrogen-bond donors (Lipinski definition) is 2. The largest absolute Gasteiger partial charge is 0.478 e. The van der Waals surface area contributed by atoms with Crippen molar-refractivity contribution in [1.82, 2.24) is 0 Å². The highest BCUT2D eigenvalue weighted by Crippen LogP contribution is 2.20. The van der Waals surface area contributed by atoms with E-state index in [2.05, 4.69) is 0 Å². The molecule has 0 saturated heterocycles. The van der Waals surface area contributed by atoms with Gasteiger partial charge in [-0.2, -0.15) is 0 Å². The molecule has 15 heavy (non-hydrogen) atoms. The fraction of sp³-hybridized carbons (Fsp3) is 0.125. The third-order valence-electron chi connectivity index (χ3n) is 1.77. The van der Waals surface area contributed by atoms with E-state index in [9.17, 15) is 19.3 Å². The van der Waals surface area contributed by atoms with E-state index in [4.69, 9.17) is 10.8 Å². The average molecular weight is 214 g/mol. The number of nitrogen functional groups attached to an aromatic ring is 1. The Morgan fingerprint density at radius 3 is 2.67 bits per heavy atom. The highest BCUT2D eigenvalue weighted by molar-refractivity contribution is 5.91. The Morgan fingerprint density at radius 2 is 2.20 bits per heavy atom. The van der Waals surface area contributed by atoms with Gasteiger partial charge in [0.15, 0.2) is 0 Å². The quantitative estimate of drug-likeness (QED) is 0.441. The van der Waals surface area contributed by atoms with Crippen LogP contribution in [0.1, 0.15) is 15.9 Å². The molecule has 0 atom stereocenters. The van der Waals surface area contributed by atoms with Crippen molar-refractivity contribution in [3.05, 3.63) is 39.2 Å². The fourth-order valence-electron chi connectivity index (χ4n) is 1.15. The number of rotatable bonds is 3. The highest BCUT2D eigenvalue weighted by atomic mass is 19.1. The molecule has 0 aliphatic rings. The van der Waals surface area contributed by atoms with Crippen molar-refractivity contribution >= 4 is 11.7 Å². The summed E-state index contributed by atoms with van der Waals surface area (Å²) < 4.78 is 12.8. The molecule has 6 nitrogen and oxygen atoms in total. The van der Waals surface area contributed by atoms with Crippen LogP contribution in [0.5, 0.6) is 0 Å². The third-order valence-corrected chi connectivity index (χ3v) is 1.77. The van der Waals surface area contributed by atoms with Crippen molar-refractivity contribution in [2.24, 2.45) is 0 Å². The number of hydrogen-bond acceptors (Lipinski definition) is 4. The first kappa shape index (κ1) is 10.9. The molecule has 0 aliphatic carbocycles. The SMILES string of the molecule is Nc1cc(F)cc(C(=O)O)c1C[N+](=O)[O-]. The van der Waals surface area contributed by atoms with Gasteiger partial charge in [0.2, 0.25) is 6.54 Å². The van der Waals surface area contributed by atoms with E-state index in [1.165, 1.54) is 0 Å². The Bertz CT molecular complexity index is 433. The second kappa shape index (κ2) is 3.91. The first-order valence-corrected chi connectivity index (χ1v) is 3.85. The summed E-state index contributed by atoms with van der Waals surface area (Å²) in [4.78, 5) is 20.2. The van der Waals surface area contributed by atoms with E-state index in [0.717, 1.165) is 6.07 Å². The summed E-state index contributed by atoms with van der Waals surface area (Å²) in [5.74, 6) is -2.28. The van der Waals surface area contributed by atoms with Crippen molar-refractivity contribution in [2.75, 3.05) is 5.73 Å². The number of benzene rings is 1. The number of halogens is 1. The lowest BCUT2D eigenvalue weighted by Gasteiger charge is -2.05. The van der Waals surface area contributed by atoms with Crippen LogP contribution in [0.2, 0.25) is 0 Å². The molecular weight excluding hydrogens is 207 g/mol. The first-order valence-electron chi connectivity index (χ1n) is 3.85. The van der Waals surface area contributed by atoms with E-state index < -0.39 is 28.8 Å². The average Bonchev–Trinajstić information content (AvgIpc) is 2.08. The lowest BCUT2D eigenvalue weighted by molar-refractivity contribution is -0.496. The van der Waals surface area contributed by atoms with Gasteiger partial charge in [-0.3, -0.25) is 10.1 Å². The number of carboxylic acid groups (broad SMARTS) is 1. The zero-order valence-electron chi connectivity index (χ0n) is 7.44. The second-order valence-electron chi connectivity index (χ2n) is 2.82. The summed E-state index contributed by atoms with van der Waals surface area (Å²) >= 11 is 0. The van der Waals surface area contributed by atoms with Gasteiger partial charge in [0.1, 0.15) is 5.82 Å². The molecule has 0 saturated carbocycles. The normalized spacial score (nSPS) is 9.93. The highest BCUT2D eigenvalue weighted by Gasteiger charge is 2.18. The van der Waals surface area contributed by atoms with E-state index in [1.807, 2.05) is 0 Å². The van der Waals surface area contributed by atoms with Crippen LogP contribution in [0.4, 0.5) is 10.1 Å². The molecule has 0 fully saturated rings. The van der Waals surface area contributed by atoms with Gasteiger partial charge in [-0.1, -0.05) is 0 Å².